The Morgan fingerprint density at radius 3 is 1.33 bits per heavy atom. The van der Waals surface area contributed by atoms with E-state index in [1.165, 1.54) is 51.4 Å². The molecular weight excluding hydrogens is 393 g/mol. The Morgan fingerprint density at radius 1 is 0.633 bits per heavy atom. The zero-order valence-corrected chi connectivity index (χ0v) is 18.3. The Hall–Kier alpha value is -1.11. The molecule has 5 nitrogen and oxygen atoms in total. The SMILES string of the molecule is CCCCCCCCOC(=O)c1ccccc1C(=O)OCCCCCCCC.O.[MgH2]. The molecule has 6 heteroatoms. The van der Waals surface area contributed by atoms with Crippen molar-refractivity contribution in [3.63, 3.8) is 0 Å². The number of rotatable bonds is 16. The van der Waals surface area contributed by atoms with Gasteiger partial charge < -0.3 is 14.9 Å². The largest absolute Gasteiger partial charge is 0.462 e. The lowest BCUT2D eigenvalue weighted by molar-refractivity contribution is 0.0450. The van der Waals surface area contributed by atoms with Gasteiger partial charge in [-0.1, -0.05) is 90.2 Å². The van der Waals surface area contributed by atoms with E-state index in [0.29, 0.717) is 24.3 Å². The smallest absolute Gasteiger partial charge is 0.339 e. The topological polar surface area (TPSA) is 84.1 Å². The maximum absolute atomic E-state index is 12.4. The number of hydrogen-bond donors (Lipinski definition) is 0. The third kappa shape index (κ3) is 14.0. The second kappa shape index (κ2) is 21.1. The quantitative estimate of drug-likeness (QED) is 0.208. The van der Waals surface area contributed by atoms with Crippen LogP contribution in [0.25, 0.3) is 0 Å². The zero-order chi connectivity index (χ0) is 20.5. The predicted molar refractivity (Wildman–Crippen MR) is 126 cm³/mol. The Bertz CT molecular complexity index is 513. The Labute approximate surface area is 198 Å². The summed E-state index contributed by atoms with van der Waals surface area (Å²) in [6.07, 6.45) is 13.6. The number of hydrogen-bond acceptors (Lipinski definition) is 4. The second-order valence-electron chi connectivity index (χ2n) is 7.35. The van der Waals surface area contributed by atoms with Crippen LogP contribution in [0.3, 0.4) is 0 Å². The maximum Gasteiger partial charge on any atom is 0.339 e. The van der Waals surface area contributed by atoms with Crippen LogP contribution in [-0.4, -0.2) is 53.7 Å². The van der Waals surface area contributed by atoms with Crippen LogP contribution in [0.2, 0.25) is 0 Å². The molecule has 0 radical (unpaired) electrons. The molecule has 0 saturated carbocycles. The molecule has 2 N–H and O–H groups in total. The van der Waals surface area contributed by atoms with E-state index in [0.717, 1.165) is 25.7 Å². The van der Waals surface area contributed by atoms with Gasteiger partial charge in [0, 0.05) is 0 Å². The molecule has 30 heavy (non-hydrogen) atoms. The minimum absolute atomic E-state index is 0. The first-order valence-corrected chi connectivity index (χ1v) is 11.1. The summed E-state index contributed by atoms with van der Waals surface area (Å²) >= 11 is 0. The molecule has 0 aliphatic carbocycles. The highest BCUT2D eigenvalue weighted by molar-refractivity contribution is 6.03. The Kier molecular flexibility index (Phi) is 21.9. The summed E-state index contributed by atoms with van der Waals surface area (Å²) in [5.41, 5.74) is 0.586. The Morgan fingerprint density at radius 2 is 0.967 bits per heavy atom. The second-order valence-corrected chi connectivity index (χ2v) is 7.35. The molecule has 0 unspecified atom stereocenters. The van der Waals surface area contributed by atoms with Gasteiger partial charge in [0.05, 0.1) is 24.3 Å². The van der Waals surface area contributed by atoms with Crippen molar-refractivity contribution in [3.8, 4) is 0 Å². The van der Waals surface area contributed by atoms with Crippen molar-refractivity contribution in [1.29, 1.82) is 0 Å². The van der Waals surface area contributed by atoms with Gasteiger partial charge in [0.15, 0.2) is 0 Å². The lowest BCUT2D eigenvalue weighted by Gasteiger charge is -2.10. The first-order chi connectivity index (χ1) is 13.7. The fourth-order valence-electron chi connectivity index (χ4n) is 3.09. The fourth-order valence-corrected chi connectivity index (χ4v) is 3.09. The van der Waals surface area contributed by atoms with Crippen molar-refractivity contribution in [2.24, 2.45) is 0 Å². The number of ether oxygens (including phenoxy) is 2. The first kappa shape index (κ1) is 31.1. The molecule has 1 aromatic carbocycles. The van der Waals surface area contributed by atoms with E-state index >= 15 is 0 Å². The molecule has 0 amide bonds. The van der Waals surface area contributed by atoms with Gasteiger partial charge in [-0.3, -0.25) is 0 Å². The van der Waals surface area contributed by atoms with Crippen LogP contribution in [0.15, 0.2) is 24.3 Å². The van der Waals surface area contributed by atoms with Crippen LogP contribution in [0.5, 0.6) is 0 Å². The number of esters is 2. The van der Waals surface area contributed by atoms with Gasteiger partial charge in [-0.25, -0.2) is 9.59 Å². The maximum atomic E-state index is 12.4. The third-order valence-electron chi connectivity index (χ3n) is 4.83. The molecule has 0 atom stereocenters. The zero-order valence-electron chi connectivity index (χ0n) is 18.3. The standard InChI is InChI=1S/C24H38O4.Mg.H2O.2H/c1-3-5-7-9-11-15-19-27-23(25)21-17-13-14-18-22(21)24(26)28-20-16-12-10-8-6-4-2;;;;/h13-14,17-18H,3-12,15-16,19-20H2,1-2H3;;1H2;;. The van der Waals surface area contributed by atoms with E-state index in [2.05, 4.69) is 13.8 Å². The van der Waals surface area contributed by atoms with E-state index in [9.17, 15) is 9.59 Å². The van der Waals surface area contributed by atoms with E-state index in [1.54, 1.807) is 24.3 Å². The van der Waals surface area contributed by atoms with Crippen LogP contribution >= 0.6 is 0 Å². The summed E-state index contributed by atoms with van der Waals surface area (Å²) in [7, 11) is 0. The molecule has 0 aliphatic heterocycles. The molecule has 0 bridgehead atoms. The molecule has 0 saturated heterocycles. The first-order valence-electron chi connectivity index (χ1n) is 11.1. The normalized spacial score (nSPS) is 9.93. The van der Waals surface area contributed by atoms with Crippen molar-refractivity contribution in [2.75, 3.05) is 13.2 Å². The molecule has 1 aromatic rings. The van der Waals surface area contributed by atoms with Gasteiger partial charge in [-0.15, -0.1) is 0 Å². The molecule has 0 fully saturated rings. The highest BCUT2D eigenvalue weighted by Gasteiger charge is 2.18. The van der Waals surface area contributed by atoms with Crippen molar-refractivity contribution in [1.82, 2.24) is 0 Å². The van der Waals surface area contributed by atoms with Crippen LogP contribution in [0.4, 0.5) is 0 Å². The number of unbranched alkanes of at least 4 members (excludes halogenated alkanes) is 10. The molecule has 170 valence electrons. The average molecular weight is 435 g/mol. The minimum atomic E-state index is -0.444. The monoisotopic (exact) mass is 434 g/mol. The van der Waals surface area contributed by atoms with Crippen molar-refractivity contribution in [2.45, 2.75) is 90.9 Å². The van der Waals surface area contributed by atoms with Crippen LogP contribution in [0.1, 0.15) is 112 Å². The van der Waals surface area contributed by atoms with Crippen LogP contribution in [-0.2, 0) is 9.47 Å². The summed E-state index contributed by atoms with van der Waals surface area (Å²) in [5, 5.41) is 0. The molecule has 1 rings (SSSR count). The van der Waals surface area contributed by atoms with Crippen LogP contribution < -0.4 is 0 Å². The van der Waals surface area contributed by atoms with Gasteiger partial charge in [-0.05, 0) is 25.0 Å². The van der Waals surface area contributed by atoms with Gasteiger partial charge in [0.1, 0.15) is 0 Å². The lowest BCUT2D eigenvalue weighted by atomic mass is 10.1. The number of carbonyl (C=O) groups excluding carboxylic acids is 2. The summed E-state index contributed by atoms with van der Waals surface area (Å²) in [4.78, 5) is 24.7. The molecule has 0 aliphatic rings. The van der Waals surface area contributed by atoms with E-state index in [1.807, 2.05) is 0 Å². The van der Waals surface area contributed by atoms with E-state index in [-0.39, 0.29) is 28.5 Å². The Balaban J connectivity index is 0. The summed E-state index contributed by atoms with van der Waals surface area (Å²) in [6.45, 7) is 5.17. The summed E-state index contributed by atoms with van der Waals surface area (Å²) in [5.74, 6) is -0.888. The van der Waals surface area contributed by atoms with Crippen molar-refractivity contribution in [3.05, 3.63) is 35.4 Å². The van der Waals surface area contributed by atoms with Gasteiger partial charge in [0.2, 0.25) is 0 Å². The summed E-state index contributed by atoms with van der Waals surface area (Å²) < 4.78 is 10.7. The average Bonchev–Trinajstić information content (AvgIpc) is 2.72. The minimum Gasteiger partial charge on any atom is -0.462 e. The summed E-state index contributed by atoms with van der Waals surface area (Å²) in [6, 6.07) is 6.74. The molecular formula is C24H42MgO5. The fraction of sp³-hybridized carbons (Fsp3) is 0.667. The third-order valence-corrected chi connectivity index (χ3v) is 4.83. The van der Waals surface area contributed by atoms with Gasteiger partial charge >= 0.3 is 35.0 Å². The van der Waals surface area contributed by atoms with Crippen molar-refractivity contribution < 1.29 is 24.5 Å². The van der Waals surface area contributed by atoms with Crippen molar-refractivity contribution >= 4 is 35.0 Å². The van der Waals surface area contributed by atoms with E-state index in [4.69, 9.17) is 9.47 Å². The number of benzene rings is 1. The van der Waals surface area contributed by atoms with Gasteiger partial charge in [-0.2, -0.15) is 0 Å². The molecule has 0 spiro atoms. The highest BCUT2D eigenvalue weighted by Crippen LogP contribution is 2.14. The molecule has 0 heterocycles. The molecule has 0 aromatic heterocycles. The number of carbonyl (C=O) groups is 2. The highest BCUT2D eigenvalue weighted by atomic mass is 24.3. The predicted octanol–water partition coefficient (Wildman–Crippen LogP) is 4.98. The lowest BCUT2D eigenvalue weighted by Crippen LogP contribution is -2.15. The van der Waals surface area contributed by atoms with Crippen LogP contribution in [0, 0.1) is 0 Å². The van der Waals surface area contributed by atoms with Gasteiger partial charge in [0.25, 0.3) is 0 Å². The van der Waals surface area contributed by atoms with E-state index < -0.39 is 11.9 Å².